The summed E-state index contributed by atoms with van der Waals surface area (Å²) in [4.78, 5) is 34.0. The monoisotopic (exact) mass is 324 g/mol. The molecular formula is C12H6F2N4O3S. The maximum Gasteiger partial charge on any atom is 0.328 e. The molecule has 0 amide bonds. The van der Waals surface area contributed by atoms with Crippen LogP contribution < -0.4 is 11.2 Å². The standard InChI is InChI=1S/C12H6F2N4O3S/c13-4-1-6(14)8-7(2-4)22-12(16-8)15-3-5-9(19)17-11(21)18-10(5)20/h1-3H,(H3,17,18,19,20,21)/b15-3+. The SMILES string of the molecule is O=c1[nH]c(O)c(/C=N/c2nc3c(F)cc(F)cc3s2)c(=O)[nH]1. The molecule has 0 aliphatic heterocycles. The van der Waals surface area contributed by atoms with Gasteiger partial charge in [0.25, 0.3) is 5.56 Å². The van der Waals surface area contributed by atoms with Gasteiger partial charge in [-0.1, -0.05) is 11.3 Å². The Morgan fingerprint density at radius 3 is 2.77 bits per heavy atom. The van der Waals surface area contributed by atoms with Gasteiger partial charge in [0.1, 0.15) is 16.9 Å². The summed E-state index contributed by atoms with van der Waals surface area (Å²) in [6.07, 6.45) is 0.968. The maximum atomic E-state index is 13.5. The van der Waals surface area contributed by atoms with Crippen molar-refractivity contribution in [1.82, 2.24) is 15.0 Å². The average Bonchev–Trinajstić information content (AvgIpc) is 2.80. The molecule has 3 N–H and O–H groups in total. The highest BCUT2D eigenvalue weighted by atomic mass is 32.1. The summed E-state index contributed by atoms with van der Waals surface area (Å²) >= 11 is 0.905. The number of hydrogen-bond acceptors (Lipinski definition) is 6. The van der Waals surface area contributed by atoms with E-state index in [2.05, 4.69) is 9.98 Å². The first kappa shape index (κ1) is 14.1. The zero-order valence-corrected chi connectivity index (χ0v) is 11.4. The van der Waals surface area contributed by atoms with Gasteiger partial charge >= 0.3 is 5.69 Å². The fraction of sp³-hybridized carbons (Fsp3) is 0. The highest BCUT2D eigenvalue weighted by Gasteiger charge is 2.11. The molecule has 112 valence electrons. The van der Waals surface area contributed by atoms with Gasteiger partial charge in [0.2, 0.25) is 11.0 Å². The van der Waals surface area contributed by atoms with Gasteiger partial charge in [-0.3, -0.25) is 14.8 Å². The Bertz CT molecular complexity index is 1020. The molecular weight excluding hydrogens is 318 g/mol. The highest BCUT2D eigenvalue weighted by molar-refractivity contribution is 7.22. The van der Waals surface area contributed by atoms with E-state index in [4.69, 9.17) is 0 Å². The van der Waals surface area contributed by atoms with Crippen LogP contribution in [0.15, 0.2) is 26.7 Å². The zero-order chi connectivity index (χ0) is 15.9. The van der Waals surface area contributed by atoms with Crippen molar-refractivity contribution in [2.24, 2.45) is 4.99 Å². The predicted molar refractivity (Wildman–Crippen MR) is 76.1 cm³/mol. The lowest BCUT2D eigenvalue weighted by Gasteiger charge is -1.94. The Morgan fingerprint density at radius 1 is 1.27 bits per heavy atom. The third kappa shape index (κ3) is 2.51. The number of aromatic amines is 2. The molecule has 2 heterocycles. The molecule has 0 aliphatic rings. The van der Waals surface area contributed by atoms with E-state index in [1.165, 1.54) is 0 Å². The Balaban J connectivity index is 2.05. The van der Waals surface area contributed by atoms with Crippen LogP contribution in [0.5, 0.6) is 5.88 Å². The van der Waals surface area contributed by atoms with Crippen molar-refractivity contribution in [3.63, 3.8) is 0 Å². The summed E-state index contributed by atoms with van der Waals surface area (Å²) < 4.78 is 26.9. The number of fused-ring (bicyclic) bond motifs is 1. The number of nitrogens with zero attached hydrogens (tertiary/aromatic N) is 2. The Hall–Kier alpha value is -2.88. The smallest absolute Gasteiger partial charge is 0.328 e. The Kier molecular flexibility index (Phi) is 3.29. The van der Waals surface area contributed by atoms with Gasteiger partial charge in [0.05, 0.1) is 4.70 Å². The van der Waals surface area contributed by atoms with E-state index in [1.54, 1.807) is 0 Å². The summed E-state index contributed by atoms with van der Waals surface area (Å²) in [5.74, 6) is -2.22. The molecule has 22 heavy (non-hydrogen) atoms. The number of aromatic nitrogens is 3. The molecule has 3 aromatic rings. The van der Waals surface area contributed by atoms with E-state index >= 15 is 0 Å². The molecule has 0 saturated carbocycles. The first-order valence-corrected chi connectivity index (χ1v) is 6.61. The second kappa shape index (κ2) is 5.15. The van der Waals surface area contributed by atoms with Crippen molar-refractivity contribution in [1.29, 1.82) is 0 Å². The quantitative estimate of drug-likeness (QED) is 0.619. The van der Waals surface area contributed by atoms with Crippen LogP contribution in [0.4, 0.5) is 13.9 Å². The van der Waals surface area contributed by atoms with Crippen molar-refractivity contribution in [2.45, 2.75) is 0 Å². The molecule has 0 saturated heterocycles. The van der Waals surface area contributed by atoms with Crippen LogP contribution in [0.2, 0.25) is 0 Å². The number of aromatic hydroxyl groups is 1. The number of thiazole rings is 1. The lowest BCUT2D eigenvalue weighted by molar-refractivity contribution is 0.447. The van der Waals surface area contributed by atoms with Gasteiger partial charge < -0.3 is 5.11 Å². The van der Waals surface area contributed by atoms with Crippen LogP contribution in [0.1, 0.15) is 5.56 Å². The predicted octanol–water partition coefficient (Wildman–Crippen LogP) is 1.41. The fourth-order valence-corrected chi connectivity index (χ4v) is 2.57. The number of hydrogen-bond donors (Lipinski definition) is 3. The number of nitrogens with one attached hydrogen (secondary N) is 2. The third-order valence-electron chi connectivity index (χ3n) is 2.66. The summed E-state index contributed by atoms with van der Waals surface area (Å²) in [6, 6.07) is 1.81. The summed E-state index contributed by atoms with van der Waals surface area (Å²) in [5.41, 5.74) is -2.04. The maximum absolute atomic E-state index is 13.5. The van der Waals surface area contributed by atoms with Gasteiger partial charge in [0, 0.05) is 12.3 Å². The molecule has 7 nitrogen and oxygen atoms in total. The van der Waals surface area contributed by atoms with E-state index in [1.807, 2.05) is 9.97 Å². The summed E-state index contributed by atoms with van der Waals surface area (Å²) in [6.45, 7) is 0. The van der Waals surface area contributed by atoms with Gasteiger partial charge in [0.15, 0.2) is 5.82 Å². The molecule has 1 aromatic carbocycles. The number of halogens is 2. The van der Waals surface area contributed by atoms with E-state index in [-0.39, 0.29) is 20.9 Å². The lowest BCUT2D eigenvalue weighted by atomic mass is 10.3. The van der Waals surface area contributed by atoms with Crippen molar-refractivity contribution >= 4 is 32.9 Å². The molecule has 2 aromatic heterocycles. The van der Waals surface area contributed by atoms with Gasteiger partial charge in [-0.2, -0.15) is 0 Å². The van der Waals surface area contributed by atoms with Crippen LogP contribution in [0.3, 0.4) is 0 Å². The summed E-state index contributed by atoms with van der Waals surface area (Å²) in [5, 5.41) is 9.54. The van der Waals surface area contributed by atoms with Crippen LogP contribution in [0.25, 0.3) is 10.2 Å². The average molecular weight is 324 g/mol. The van der Waals surface area contributed by atoms with E-state index in [0.29, 0.717) is 6.07 Å². The highest BCUT2D eigenvalue weighted by Crippen LogP contribution is 2.30. The number of aliphatic imine (C=N–C) groups is 1. The summed E-state index contributed by atoms with van der Waals surface area (Å²) in [7, 11) is 0. The van der Waals surface area contributed by atoms with Crippen LogP contribution in [0, 0.1) is 11.6 Å². The van der Waals surface area contributed by atoms with Crippen molar-refractivity contribution < 1.29 is 13.9 Å². The molecule has 3 rings (SSSR count). The molecule has 0 fully saturated rings. The molecule has 0 bridgehead atoms. The largest absolute Gasteiger partial charge is 0.494 e. The second-order valence-corrected chi connectivity index (χ2v) is 5.17. The van der Waals surface area contributed by atoms with Crippen molar-refractivity contribution in [2.75, 3.05) is 0 Å². The van der Waals surface area contributed by atoms with Crippen LogP contribution >= 0.6 is 11.3 Å². The normalized spacial score (nSPS) is 11.5. The number of benzene rings is 1. The first-order chi connectivity index (χ1) is 10.4. The Morgan fingerprint density at radius 2 is 2.05 bits per heavy atom. The van der Waals surface area contributed by atoms with Gasteiger partial charge in [-0.15, -0.1) is 0 Å². The van der Waals surface area contributed by atoms with Crippen molar-refractivity contribution in [3.05, 3.63) is 50.2 Å². The van der Waals surface area contributed by atoms with Crippen LogP contribution in [-0.4, -0.2) is 26.3 Å². The van der Waals surface area contributed by atoms with E-state index in [0.717, 1.165) is 23.6 Å². The number of H-pyrrole nitrogens is 2. The minimum absolute atomic E-state index is 0.0434. The van der Waals surface area contributed by atoms with E-state index < -0.39 is 28.8 Å². The molecule has 0 atom stereocenters. The molecule has 0 aliphatic carbocycles. The molecule has 0 unspecified atom stereocenters. The Labute approximate surface area is 123 Å². The number of rotatable bonds is 2. The molecule has 10 heteroatoms. The third-order valence-corrected chi connectivity index (χ3v) is 3.58. The van der Waals surface area contributed by atoms with E-state index in [9.17, 15) is 23.5 Å². The first-order valence-electron chi connectivity index (χ1n) is 5.79. The van der Waals surface area contributed by atoms with Gasteiger partial charge in [-0.25, -0.2) is 23.6 Å². The van der Waals surface area contributed by atoms with Crippen molar-refractivity contribution in [3.8, 4) is 5.88 Å². The fourth-order valence-electron chi connectivity index (χ4n) is 1.72. The van der Waals surface area contributed by atoms with Gasteiger partial charge in [-0.05, 0) is 6.07 Å². The molecule has 0 radical (unpaired) electrons. The zero-order valence-electron chi connectivity index (χ0n) is 10.6. The molecule has 0 spiro atoms. The minimum Gasteiger partial charge on any atom is -0.494 e. The second-order valence-electron chi connectivity index (χ2n) is 4.16. The lowest BCUT2D eigenvalue weighted by Crippen LogP contribution is -2.24. The topological polar surface area (TPSA) is 111 Å². The van der Waals surface area contributed by atoms with Crippen LogP contribution in [-0.2, 0) is 0 Å². The minimum atomic E-state index is -0.864.